The zero-order valence-corrected chi connectivity index (χ0v) is 16.4. The number of ether oxygens (including phenoxy) is 1. The molecule has 0 aliphatic carbocycles. The number of Topliss-reactive ketones (excluding diaryl/α,β-unsaturated/α-hetero) is 1. The lowest BCUT2D eigenvalue weighted by atomic mass is 10.0. The van der Waals surface area contributed by atoms with Crippen LogP contribution < -0.4 is 10.1 Å². The van der Waals surface area contributed by atoms with E-state index in [2.05, 4.69) is 5.32 Å². The van der Waals surface area contributed by atoms with E-state index in [0.29, 0.717) is 23.5 Å². The highest BCUT2D eigenvalue weighted by Crippen LogP contribution is 2.18. The van der Waals surface area contributed by atoms with Gasteiger partial charge in [0.1, 0.15) is 12.3 Å². The Balaban J connectivity index is 1.95. The van der Waals surface area contributed by atoms with Gasteiger partial charge < -0.3 is 15.2 Å². The van der Waals surface area contributed by atoms with E-state index in [1.165, 1.54) is 11.8 Å². The van der Waals surface area contributed by atoms with Gasteiger partial charge in [-0.2, -0.15) is 11.8 Å². The number of methoxy groups -OCH3 is 1. The lowest BCUT2D eigenvalue weighted by molar-refractivity contribution is -0.138. The van der Waals surface area contributed by atoms with Crippen molar-refractivity contribution >= 4 is 29.4 Å². The van der Waals surface area contributed by atoms with Gasteiger partial charge in [0.05, 0.1) is 18.8 Å². The molecule has 1 unspecified atom stereocenters. The Labute approximate surface area is 168 Å². The second kappa shape index (κ2) is 11.1. The minimum atomic E-state index is -1.09. The van der Waals surface area contributed by atoms with Gasteiger partial charge in [0.25, 0.3) is 0 Å². The van der Waals surface area contributed by atoms with Crippen LogP contribution in [0.25, 0.3) is 0 Å². The second-order valence-electron chi connectivity index (χ2n) is 6.17. The van der Waals surface area contributed by atoms with Crippen molar-refractivity contribution in [2.24, 2.45) is 5.92 Å². The molecule has 0 aromatic heterocycles. The first-order valence-electron chi connectivity index (χ1n) is 8.78. The summed E-state index contributed by atoms with van der Waals surface area (Å²) in [5.41, 5.74) is 1.54. The average molecular weight is 401 g/mol. The van der Waals surface area contributed by atoms with Crippen molar-refractivity contribution in [1.82, 2.24) is 5.32 Å². The Kier molecular flexibility index (Phi) is 8.55. The molecule has 0 bridgehead atoms. The molecule has 28 heavy (non-hydrogen) atoms. The fourth-order valence-corrected chi connectivity index (χ4v) is 3.63. The third-order valence-electron chi connectivity index (χ3n) is 4.05. The molecule has 1 amide bonds. The largest absolute Gasteiger partial charge is 0.497 e. The summed E-state index contributed by atoms with van der Waals surface area (Å²) in [6.07, 6.45) is 0.479. The molecule has 0 saturated heterocycles. The van der Waals surface area contributed by atoms with E-state index in [1.54, 1.807) is 31.4 Å². The molecule has 0 aliphatic heterocycles. The van der Waals surface area contributed by atoms with Crippen LogP contribution >= 0.6 is 11.8 Å². The molecule has 0 radical (unpaired) electrons. The first-order chi connectivity index (χ1) is 13.5. The van der Waals surface area contributed by atoms with Gasteiger partial charge in [0.15, 0.2) is 5.78 Å². The molecular weight excluding hydrogens is 378 g/mol. The highest BCUT2D eigenvalue weighted by molar-refractivity contribution is 8.00. The van der Waals surface area contributed by atoms with Crippen LogP contribution in [0.15, 0.2) is 54.6 Å². The highest BCUT2D eigenvalue weighted by Gasteiger charge is 2.20. The fraction of sp³-hybridized carbons (Fsp3) is 0.286. The summed E-state index contributed by atoms with van der Waals surface area (Å²) in [6.45, 7) is -0.419. The highest BCUT2D eigenvalue weighted by atomic mass is 32.2. The van der Waals surface area contributed by atoms with Crippen molar-refractivity contribution < 1.29 is 24.2 Å². The quantitative estimate of drug-likeness (QED) is 0.563. The van der Waals surface area contributed by atoms with E-state index >= 15 is 0 Å². The first kappa shape index (κ1) is 21.5. The normalized spacial score (nSPS) is 11.5. The molecule has 0 spiro atoms. The predicted octanol–water partition coefficient (Wildman–Crippen LogP) is 2.67. The number of benzene rings is 2. The molecule has 1 atom stereocenters. The maximum Gasteiger partial charge on any atom is 0.322 e. The molecular formula is C21H23NO5S. The lowest BCUT2D eigenvalue weighted by Gasteiger charge is -2.16. The van der Waals surface area contributed by atoms with Crippen LogP contribution in [0, 0.1) is 5.92 Å². The van der Waals surface area contributed by atoms with Crippen LogP contribution in [0.1, 0.15) is 15.9 Å². The van der Waals surface area contributed by atoms with Gasteiger partial charge in [-0.05, 0) is 24.1 Å². The third kappa shape index (κ3) is 7.08. The van der Waals surface area contributed by atoms with Crippen LogP contribution in [0.5, 0.6) is 5.75 Å². The van der Waals surface area contributed by atoms with Crippen LogP contribution in [0.3, 0.4) is 0 Å². The molecule has 2 N–H and O–H groups in total. The number of amides is 1. The van der Waals surface area contributed by atoms with Crippen molar-refractivity contribution in [3.8, 4) is 5.75 Å². The summed E-state index contributed by atoms with van der Waals surface area (Å²) >= 11 is 1.36. The van der Waals surface area contributed by atoms with Gasteiger partial charge in [0.2, 0.25) is 5.91 Å². The van der Waals surface area contributed by atoms with Crippen LogP contribution in [-0.4, -0.2) is 47.9 Å². The van der Waals surface area contributed by atoms with Gasteiger partial charge in [0, 0.05) is 11.3 Å². The summed E-state index contributed by atoms with van der Waals surface area (Å²) in [5, 5.41) is 11.2. The Morgan fingerprint density at radius 2 is 1.86 bits per heavy atom. The Morgan fingerprint density at radius 1 is 1.11 bits per heavy atom. The number of ketones is 1. The average Bonchev–Trinajstić information content (AvgIpc) is 2.71. The molecule has 2 rings (SSSR count). The first-order valence-corrected chi connectivity index (χ1v) is 9.93. The topological polar surface area (TPSA) is 92.7 Å². The number of aliphatic carboxylic acids is 1. The Hall–Kier alpha value is -2.80. The van der Waals surface area contributed by atoms with Crippen molar-refractivity contribution in [2.45, 2.75) is 6.42 Å². The summed E-state index contributed by atoms with van der Waals surface area (Å²) in [6, 6.07) is 16.5. The minimum Gasteiger partial charge on any atom is -0.497 e. The van der Waals surface area contributed by atoms with Crippen LogP contribution in [0.2, 0.25) is 0 Å². The second-order valence-corrected chi connectivity index (χ2v) is 7.20. The summed E-state index contributed by atoms with van der Waals surface area (Å²) in [4.78, 5) is 35.5. The molecule has 0 saturated carbocycles. The van der Waals surface area contributed by atoms with Crippen molar-refractivity contribution in [3.05, 3.63) is 65.7 Å². The fourth-order valence-electron chi connectivity index (χ4n) is 2.61. The molecule has 0 aliphatic rings. The molecule has 0 heterocycles. The van der Waals surface area contributed by atoms with E-state index in [9.17, 15) is 14.4 Å². The smallest absolute Gasteiger partial charge is 0.322 e. The van der Waals surface area contributed by atoms with E-state index in [-0.39, 0.29) is 17.4 Å². The SMILES string of the molecule is COc1cccc(C(=O)CSCC(Cc2ccccc2)C(=O)NCC(=O)O)c1. The maximum atomic E-state index is 12.4. The minimum absolute atomic E-state index is 0.0479. The number of hydrogen-bond donors (Lipinski definition) is 2. The van der Waals surface area contributed by atoms with Gasteiger partial charge in [-0.25, -0.2) is 0 Å². The van der Waals surface area contributed by atoms with Crippen LogP contribution in [-0.2, 0) is 16.0 Å². The number of rotatable bonds is 11. The number of carboxylic acids is 1. The van der Waals surface area contributed by atoms with E-state index in [0.717, 1.165) is 5.56 Å². The zero-order chi connectivity index (χ0) is 20.4. The van der Waals surface area contributed by atoms with Gasteiger partial charge in [-0.15, -0.1) is 0 Å². The van der Waals surface area contributed by atoms with Gasteiger partial charge in [-0.3, -0.25) is 14.4 Å². The molecule has 148 valence electrons. The van der Waals surface area contributed by atoms with Crippen molar-refractivity contribution in [1.29, 1.82) is 0 Å². The number of thioether (sulfide) groups is 1. The predicted molar refractivity (Wildman–Crippen MR) is 109 cm³/mol. The van der Waals surface area contributed by atoms with E-state index < -0.39 is 18.4 Å². The maximum absolute atomic E-state index is 12.4. The molecule has 6 nitrogen and oxygen atoms in total. The number of carboxylic acid groups (broad SMARTS) is 1. The summed E-state index contributed by atoms with van der Waals surface area (Å²) in [7, 11) is 1.54. The van der Waals surface area contributed by atoms with Gasteiger partial charge >= 0.3 is 5.97 Å². The molecule has 7 heteroatoms. The molecule has 0 fully saturated rings. The van der Waals surface area contributed by atoms with E-state index in [1.807, 2.05) is 30.3 Å². The van der Waals surface area contributed by atoms with Crippen LogP contribution in [0.4, 0.5) is 0 Å². The molecule has 2 aromatic carbocycles. The molecule has 2 aromatic rings. The van der Waals surface area contributed by atoms with Crippen molar-refractivity contribution in [2.75, 3.05) is 25.2 Å². The summed E-state index contributed by atoms with van der Waals surface area (Å²) in [5.74, 6) is -0.634. The lowest BCUT2D eigenvalue weighted by Crippen LogP contribution is -2.36. The monoisotopic (exact) mass is 401 g/mol. The standard InChI is InChI=1S/C21H23NO5S/c1-27-18-9-5-8-16(11-18)19(23)14-28-13-17(21(26)22-12-20(24)25)10-15-6-3-2-4-7-15/h2-9,11,17H,10,12-14H2,1H3,(H,22,26)(H,24,25). The number of carbonyl (C=O) groups is 3. The number of carbonyl (C=O) groups excluding carboxylic acids is 2. The summed E-state index contributed by atoms with van der Waals surface area (Å²) < 4.78 is 5.13. The Morgan fingerprint density at radius 3 is 2.54 bits per heavy atom. The van der Waals surface area contributed by atoms with Gasteiger partial charge in [-0.1, -0.05) is 42.5 Å². The number of nitrogens with one attached hydrogen (secondary N) is 1. The third-order valence-corrected chi connectivity index (χ3v) is 5.16. The van der Waals surface area contributed by atoms with E-state index in [4.69, 9.17) is 9.84 Å². The van der Waals surface area contributed by atoms with Crippen molar-refractivity contribution in [3.63, 3.8) is 0 Å². The zero-order valence-electron chi connectivity index (χ0n) is 15.6. The Bertz CT molecular complexity index is 809. The number of hydrogen-bond acceptors (Lipinski definition) is 5.